The number of hydrogen-bond acceptors (Lipinski definition) is 5. The molecule has 39 heavy (non-hydrogen) atoms. The molecule has 2 atom stereocenters. The lowest BCUT2D eigenvalue weighted by molar-refractivity contribution is 0.0215. The molecule has 4 heterocycles. The van der Waals surface area contributed by atoms with E-state index in [1.165, 1.54) is 16.7 Å². The molecule has 0 spiro atoms. The number of carbonyl (C=O) groups excluding carboxylic acids is 1. The SMILES string of the molecule is CC12CC(NCN1c1cccc(C(=O)N3CCc4ccccc4C3(C)C)c1)c1cc(-c3ccoc3)ccc1O2. The Hall–Kier alpha value is -4.03. The number of hydrogen-bond donors (Lipinski definition) is 1. The molecule has 3 aromatic carbocycles. The van der Waals surface area contributed by atoms with Gasteiger partial charge in [0.25, 0.3) is 5.91 Å². The number of carbonyl (C=O) groups is 1. The minimum absolute atomic E-state index is 0.0611. The van der Waals surface area contributed by atoms with Crippen LogP contribution in [0.1, 0.15) is 60.3 Å². The fourth-order valence-electron chi connectivity index (χ4n) is 6.68. The van der Waals surface area contributed by atoms with Crippen LogP contribution >= 0.6 is 0 Å². The van der Waals surface area contributed by atoms with E-state index in [4.69, 9.17) is 9.15 Å². The van der Waals surface area contributed by atoms with Gasteiger partial charge in [0, 0.05) is 41.4 Å². The first-order valence-electron chi connectivity index (χ1n) is 13.7. The summed E-state index contributed by atoms with van der Waals surface area (Å²) in [6.45, 7) is 7.77. The maximum Gasteiger partial charge on any atom is 0.254 e. The molecule has 1 N–H and O–H groups in total. The van der Waals surface area contributed by atoms with Crippen molar-refractivity contribution in [2.45, 2.75) is 50.9 Å². The summed E-state index contributed by atoms with van der Waals surface area (Å²) in [5, 5.41) is 3.72. The van der Waals surface area contributed by atoms with Crippen LogP contribution in [-0.2, 0) is 12.0 Å². The summed E-state index contributed by atoms with van der Waals surface area (Å²) in [5.74, 6) is 0.949. The van der Waals surface area contributed by atoms with Crippen molar-refractivity contribution in [1.29, 1.82) is 0 Å². The zero-order valence-electron chi connectivity index (χ0n) is 22.6. The van der Waals surface area contributed by atoms with Gasteiger partial charge in [-0.3, -0.25) is 10.1 Å². The highest BCUT2D eigenvalue weighted by Gasteiger charge is 2.46. The standard InChI is InChI=1S/C33H33N3O3/c1-32(2)28-10-5-4-7-22(28)13-15-35(32)31(37)24-8-6-9-26(17-24)36-21-34-29-19-33(36,3)39-30-12-11-23(18-27(29)30)25-14-16-38-20-25/h4-12,14,16-18,20,29,34H,13,15,19,21H2,1-3H3. The van der Waals surface area contributed by atoms with E-state index in [1.54, 1.807) is 12.5 Å². The van der Waals surface area contributed by atoms with Crippen molar-refractivity contribution in [2.75, 3.05) is 18.1 Å². The van der Waals surface area contributed by atoms with E-state index in [1.807, 2.05) is 29.2 Å². The molecule has 6 heteroatoms. The van der Waals surface area contributed by atoms with Crippen LogP contribution in [0.2, 0.25) is 0 Å². The van der Waals surface area contributed by atoms with Gasteiger partial charge in [0.05, 0.1) is 24.7 Å². The molecule has 3 aliphatic heterocycles. The van der Waals surface area contributed by atoms with Crippen LogP contribution in [0, 0.1) is 0 Å². The summed E-state index contributed by atoms with van der Waals surface area (Å²) >= 11 is 0. The third-order valence-electron chi connectivity index (χ3n) is 8.83. The van der Waals surface area contributed by atoms with Crippen molar-refractivity contribution >= 4 is 11.6 Å². The van der Waals surface area contributed by atoms with Crippen LogP contribution < -0.4 is 15.0 Å². The molecule has 0 aliphatic carbocycles. The molecule has 0 radical (unpaired) electrons. The predicted octanol–water partition coefficient (Wildman–Crippen LogP) is 6.49. The number of fused-ring (bicyclic) bond motifs is 5. The van der Waals surface area contributed by atoms with E-state index in [0.717, 1.165) is 35.4 Å². The molecule has 1 saturated heterocycles. The molecule has 7 rings (SSSR count). The molecule has 1 aromatic heterocycles. The summed E-state index contributed by atoms with van der Waals surface area (Å²) in [6, 6.07) is 25.0. The van der Waals surface area contributed by atoms with E-state index in [-0.39, 0.29) is 17.5 Å². The predicted molar refractivity (Wildman–Crippen MR) is 152 cm³/mol. The maximum atomic E-state index is 13.9. The van der Waals surface area contributed by atoms with E-state index in [9.17, 15) is 4.79 Å². The van der Waals surface area contributed by atoms with Gasteiger partial charge in [-0.2, -0.15) is 0 Å². The number of furan rings is 1. The second-order valence-electron chi connectivity index (χ2n) is 11.6. The topological polar surface area (TPSA) is 58.0 Å². The van der Waals surface area contributed by atoms with Crippen LogP contribution in [0.15, 0.2) is 89.7 Å². The lowest BCUT2D eigenvalue weighted by Gasteiger charge is -2.52. The highest BCUT2D eigenvalue weighted by Crippen LogP contribution is 2.46. The third-order valence-corrected chi connectivity index (χ3v) is 8.83. The summed E-state index contributed by atoms with van der Waals surface area (Å²) in [4.78, 5) is 18.2. The normalized spacial score (nSPS) is 23.0. The van der Waals surface area contributed by atoms with Crippen LogP contribution in [0.25, 0.3) is 11.1 Å². The molecular weight excluding hydrogens is 486 g/mol. The van der Waals surface area contributed by atoms with Gasteiger partial charge in [0.1, 0.15) is 5.75 Å². The van der Waals surface area contributed by atoms with Gasteiger partial charge in [-0.15, -0.1) is 0 Å². The second-order valence-corrected chi connectivity index (χ2v) is 11.6. The van der Waals surface area contributed by atoms with Crippen LogP contribution in [-0.4, -0.2) is 29.7 Å². The number of benzene rings is 3. The van der Waals surface area contributed by atoms with Gasteiger partial charge in [-0.05, 0) is 80.3 Å². The van der Waals surface area contributed by atoms with Gasteiger partial charge in [-0.1, -0.05) is 36.4 Å². The van der Waals surface area contributed by atoms with E-state index < -0.39 is 5.72 Å². The van der Waals surface area contributed by atoms with Crippen molar-refractivity contribution in [3.63, 3.8) is 0 Å². The first-order valence-corrected chi connectivity index (χ1v) is 13.7. The Morgan fingerprint density at radius 3 is 2.69 bits per heavy atom. The van der Waals surface area contributed by atoms with E-state index in [2.05, 4.69) is 79.5 Å². The Balaban J connectivity index is 1.17. The monoisotopic (exact) mass is 519 g/mol. The first-order chi connectivity index (χ1) is 18.8. The Labute approximate surface area is 229 Å². The van der Waals surface area contributed by atoms with Crippen LogP contribution in [0.5, 0.6) is 5.75 Å². The summed E-state index contributed by atoms with van der Waals surface area (Å²) in [7, 11) is 0. The summed E-state index contributed by atoms with van der Waals surface area (Å²) in [5.41, 5.74) is 6.67. The quantitative estimate of drug-likeness (QED) is 0.335. The molecule has 4 aromatic rings. The average Bonchev–Trinajstić information content (AvgIpc) is 3.48. The molecule has 1 amide bonds. The fraction of sp³-hybridized carbons (Fsp3) is 0.303. The molecular formula is C33H33N3O3. The van der Waals surface area contributed by atoms with Gasteiger partial charge in [0.15, 0.2) is 5.72 Å². The lowest BCUT2D eigenvalue weighted by atomic mass is 9.83. The number of nitrogens with zero attached hydrogens (tertiary/aromatic N) is 2. The van der Waals surface area contributed by atoms with Gasteiger partial charge in [0.2, 0.25) is 0 Å². The Morgan fingerprint density at radius 2 is 1.85 bits per heavy atom. The zero-order chi connectivity index (χ0) is 26.8. The van der Waals surface area contributed by atoms with Crippen LogP contribution in [0.3, 0.4) is 0 Å². The molecule has 6 nitrogen and oxygen atoms in total. The molecule has 2 unspecified atom stereocenters. The minimum Gasteiger partial charge on any atom is -0.472 e. The Bertz CT molecular complexity index is 1560. The first kappa shape index (κ1) is 24.0. The fourth-order valence-corrected chi connectivity index (χ4v) is 6.68. The van der Waals surface area contributed by atoms with Crippen molar-refractivity contribution in [3.8, 4) is 16.9 Å². The molecule has 2 bridgehead atoms. The van der Waals surface area contributed by atoms with E-state index in [0.29, 0.717) is 18.8 Å². The molecule has 1 fully saturated rings. The Morgan fingerprint density at radius 1 is 0.974 bits per heavy atom. The van der Waals surface area contributed by atoms with Gasteiger partial charge < -0.3 is 19.0 Å². The maximum absolute atomic E-state index is 13.9. The molecule has 3 aliphatic rings. The van der Waals surface area contributed by atoms with Crippen molar-refractivity contribution in [3.05, 3.63) is 108 Å². The minimum atomic E-state index is -0.537. The average molecular weight is 520 g/mol. The largest absolute Gasteiger partial charge is 0.472 e. The van der Waals surface area contributed by atoms with Gasteiger partial charge in [-0.25, -0.2) is 0 Å². The number of nitrogens with one attached hydrogen (secondary N) is 1. The Kier molecular flexibility index (Phi) is 5.39. The molecule has 198 valence electrons. The molecule has 0 saturated carbocycles. The number of anilines is 1. The smallest absolute Gasteiger partial charge is 0.254 e. The number of rotatable bonds is 3. The van der Waals surface area contributed by atoms with E-state index >= 15 is 0 Å². The highest BCUT2D eigenvalue weighted by molar-refractivity contribution is 5.96. The third kappa shape index (κ3) is 3.85. The van der Waals surface area contributed by atoms with Crippen molar-refractivity contribution in [1.82, 2.24) is 10.2 Å². The van der Waals surface area contributed by atoms with Crippen molar-refractivity contribution in [2.24, 2.45) is 0 Å². The number of ether oxygens (including phenoxy) is 1. The zero-order valence-corrected chi connectivity index (χ0v) is 22.6. The number of amides is 1. The summed E-state index contributed by atoms with van der Waals surface area (Å²) < 4.78 is 12.0. The van der Waals surface area contributed by atoms with Gasteiger partial charge >= 0.3 is 0 Å². The van der Waals surface area contributed by atoms with Crippen molar-refractivity contribution < 1.29 is 13.9 Å². The highest BCUT2D eigenvalue weighted by atomic mass is 16.5. The summed E-state index contributed by atoms with van der Waals surface area (Å²) in [6.07, 6.45) is 5.13. The van der Waals surface area contributed by atoms with Crippen LogP contribution in [0.4, 0.5) is 5.69 Å². The second kappa shape index (κ2) is 8.75. The lowest BCUT2D eigenvalue weighted by Crippen LogP contribution is -2.62.